The number of hydrogen-bond acceptors (Lipinski definition) is 5. The van der Waals surface area contributed by atoms with Crippen LogP contribution in [0.4, 0.5) is 5.69 Å². The molecule has 0 bridgehead atoms. The highest BCUT2D eigenvalue weighted by Crippen LogP contribution is 2.27. The summed E-state index contributed by atoms with van der Waals surface area (Å²) in [6.07, 6.45) is 0. The Morgan fingerprint density at radius 3 is 2.71 bits per heavy atom. The van der Waals surface area contributed by atoms with Crippen LogP contribution < -0.4 is 5.48 Å². The van der Waals surface area contributed by atoms with Gasteiger partial charge in [-0.3, -0.25) is 10.1 Å². The van der Waals surface area contributed by atoms with Crippen LogP contribution >= 0.6 is 0 Å². The highest BCUT2D eigenvalue weighted by Gasteiger charge is 2.14. The van der Waals surface area contributed by atoms with Gasteiger partial charge in [0.1, 0.15) is 5.75 Å². The summed E-state index contributed by atoms with van der Waals surface area (Å²) in [5.41, 5.74) is 2.06. The SMILES string of the molecule is C[C@H](NO)c1cc([N+](=O)[O-])ccc1O. The van der Waals surface area contributed by atoms with E-state index >= 15 is 0 Å². The predicted octanol–water partition coefficient (Wildman–Crippen LogP) is 1.34. The third-order valence-corrected chi connectivity index (χ3v) is 1.88. The van der Waals surface area contributed by atoms with Gasteiger partial charge in [0.25, 0.3) is 5.69 Å². The first-order valence-electron chi connectivity index (χ1n) is 3.93. The highest BCUT2D eigenvalue weighted by molar-refractivity contribution is 5.44. The molecule has 0 aliphatic heterocycles. The molecule has 0 aliphatic carbocycles. The zero-order chi connectivity index (χ0) is 10.7. The predicted molar refractivity (Wildman–Crippen MR) is 48.1 cm³/mol. The maximum atomic E-state index is 10.4. The van der Waals surface area contributed by atoms with E-state index in [0.717, 1.165) is 0 Å². The molecule has 1 aromatic carbocycles. The van der Waals surface area contributed by atoms with Gasteiger partial charge >= 0.3 is 0 Å². The molecule has 0 radical (unpaired) electrons. The molecule has 0 unspecified atom stereocenters. The molecule has 6 nitrogen and oxygen atoms in total. The maximum Gasteiger partial charge on any atom is 0.270 e. The average Bonchev–Trinajstić information content (AvgIpc) is 2.17. The van der Waals surface area contributed by atoms with Gasteiger partial charge in [-0.1, -0.05) is 0 Å². The van der Waals surface area contributed by atoms with Gasteiger partial charge in [-0.2, -0.15) is 5.48 Å². The van der Waals surface area contributed by atoms with Crippen molar-refractivity contribution in [2.45, 2.75) is 13.0 Å². The third-order valence-electron chi connectivity index (χ3n) is 1.88. The summed E-state index contributed by atoms with van der Waals surface area (Å²) in [4.78, 5) is 9.85. The van der Waals surface area contributed by atoms with Crippen LogP contribution in [0.15, 0.2) is 18.2 Å². The van der Waals surface area contributed by atoms with Crippen molar-refractivity contribution < 1.29 is 15.2 Å². The van der Waals surface area contributed by atoms with Crippen molar-refractivity contribution in [2.24, 2.45) is 0 Å². The lowest BCUT2D eigenvalue weighted by Gasteiger charge is -2.10. The second-order valence-electron chi connectivity index (χ2n) is 2.85. The monoisotopic (exact) mass is 198 g/mol. The molecule has 0 heterocycles. The minimum Gasteiger partial charge on any atom is -0.508 e. The lowest BCUT2D eigenvalue weighted by Crippen LogP contribution is -2.13. The number of phenols is 1. The lowest BCUT2D eigenvalue weighted by molar-refractivity contribution is -0.385. The summed E-state index contributed by atoms with van der Waals surface area (Å²) in [6, 6.07) is 3.07. The van der Waals surface area contributed by atoms with E-state index in [1.54, 1.807) is 6.92 Å². The first kappa shape index (κ1) is 10.4. The van der Waals surface area contributed by atoms with E-state index in [9.17, 15) is 15.2 Å². The Hall–Kier alpha value is -1.66. The first-order chi connectivity index (χ1) is 6.56. The standard InChI is InChI=1S/C8H10N2O4/c1-5(9-12)7-4-6(10(13)14)2-3-8(7)11/h2-5,9,11-12H,1H3/t5-/m0/s1. The highest BCUT2D eigenvalue weighted by atomic mass is 16.6. The zero-order valence-electron chi connectivity index (χ0n) is 7.47. The molecule has 1 aromatic rings. The summed E-state index contributed by atoms with van der Waals surface area (Å²) >= 11 is 0. The molecular formula is C8H10N2O4. The Morgan fingerprint density at radius 2 is 2.21 bits per heavy atom. The fraction of sp³-hybridized carbons (Fsp3) is 0.250. The van der Waals surface area contributed by atoms with Crippen LogP contribution in [0.1, 0.15) is 18.5 Å². The van der Waals surface area contributed by atoms with Crippen LogP contribution in [0.5, 0.6) is 5.75 Å². The van der Waals surface area contributed by atoms with Crippen LogP contribution in [0, 0.1) is 10.1 Å². The normalized spacial score (nSPS) is 12.4. The van der Waals surface area contributed by atoms with Gasteiger partial charge in [0.2, 0.25) is 0 Å². The Balaban J connectivity index is 3.14. The number of aromatic hydroxyl groups is 1. The second-order valence-corrected chi connectivity index (χ2v) is 2.85. The van der Waals surface area contributed by atoms with Crippen molar-refractivity contribution in [3.8, 4) is 5.75 Å². The van der Waals surface area contributed by atoms with Crippen molar-refractivity contribution in [1.29, 1.82) is 0 Å². The molecule has 14 heavy (non-hydrogen) atoms. The van der Waals surface area contributed by atoms with Crippen LogP contribution in [0.25, 0.3) is 0 Å². The van der Waals surface area contributed by atoms with Crippen LogP contribution in [0.2, 0.25) is 0 Å². The molecule has 1 atom stereocenters. The number of nitrogens with zero attached hydrogens (tertiary/aromatic N) is 1. The number of nitro benzene ring substituents is 1. The third kappa shape index (κ3) is 1.98. The average molecular weight is 198 g/mol. The van der Waals surface area contributed by atoms with Gasteiger partial charge in [0.05, 0.1) is 11.0 Å². The first-order valence-corrected chi connectivity index (χ1v) is 3.93. The van der Waals surface area contributed by atoms with Crippen LogP contribution in [0.3, 0.4) is 0 Å². The minimum atomic E-state index is -0.562. The van der Waals surface area contributed by atoms with Crippen molar-refractivity contribution in [1.82, 2.24) is 5.48 Å². The number of rotatable bonds is 3. The van der Waals surface area contributed by atoms with E-state index in [1.165, 1.54) is 18.2 Å². The Labute approximate surface area is 79.9 Å². The van der Waals surface area contributed by atoms with E-state index in [4.69, 9.17) is 5.21 Å². The van der Waals surface area contributed by atoms with Gasteiger partial charge < -0.3 is 10.3 Å². The Kier molecular flexibility index (Phi) is 3.00. The van der Waals surface area contributed by atoms with E-state index in [0.29, 0.717) is 0 Å². The van der Waals surface area contributed by atoms with Crippen molar-refractivity contribution >= 4 is 5.69 Å². The van der Waals surface area contributed by atoms with Crippen molar-refractivity contribution in [2.75, 3.05) is 0 Å². The van der Waals surface area contributed by atoms with Gasteiger partial charge in [0, 0.05) is 17.7 Å². The van der Waals surface area contributed by atoms with Crippen molar-refractivity contribution in [3.05, 3.63) is 33.9 Å². The molecule has 0 saturated heterocycles. The molecule has 0 aliphatic rings. The fourth-order valence-corrected chi connectivity index (χ4v) is 1.07. The molecule has 0 amide bonds. The second kappa shape index (κ2) is 4.03. The quantitative estimate of drug-likeness (QED) is 0.503. The van der Waals surface area contributed by atoms with E-state index in [-0.39, 0.29) is 17.0 Å². The van der Waals surface area contributed by atoms with Crippen molar-refractivity contribution in [3.63, 3.8) is 0 Å². The smallest absolute Gasteiger partial charge is 0.270 e. The molecule has 1 rings (SSSR count). The number of hydroxylamine groups is 1. The molecule has 0 fully saturated rings. The Bertz CT molecular complexity index is 353. The molecule has 3 N–H and O–H groups in total. The summed E-state index contributed by atoms with van der Waals surface area (Å²) in [5, 5.41) is 28.4. The van der Waals surface area contributed by atoms with Gasteiger partial charge in [-0.25, -0.2) is 0 Å². The lowest BCUT2D eigenvalue weighted by atomic mass is 10.1. The summed E-state index contributed by atoms with van der Waals surface area (Å²) < 4.78 is 0. The van der Waals surface area contributed by atoms with Gasteiger partial charge in [-0.05, 0) is 13.0 Å². The summed E-state index contributed by atoms with van der Waals surface area (Å²) in [6.45, 7) is 1.57. The number of benzene rings is 1. The topological polar surface area (TPSA) is 95.6 Å². The van der Waals surface area contributed by atoms with Gasteiger partial charge in [-0.15, -0.1) is 0 Å². The molecule has 0 saturated carbocycles. The van der Waals surface area contributed by atoms with Crippen LogP contribution in [-0.4, -0.2) is 15.2 Å². The largest absolute Gasteiger partial charge is 0.508 e. The summed E-state index contributed by atoms with van der Waals surface area (Å²) in [7, 11) is 0. The number of hydrogen-bond donors (Lipinski definition) is 3. The molecule has 0 spiro atoms. The minimum absolute atomic E-state index is 0.0929. The zero-order valence-corrected chi connectivity index (χ0v) is 7.47. The number of nitro groups is 1. The molecule has 76 valence electrons. The summed E-state index contributed by atoms with van der Waals surface area (Å²) in [5.74, 6) is -0.0929. The number of non-ortho nitro benzene ring substituents is 1. The van der Waals surface area contributed by atoms with E-state index in [2.05, 4.69) is 0 Å². The van der Waals surface area contributed by atoms with Crippen LogP contribution in [-0.2, 0) is 0 Å². The Morgan fingerprint density at radius 1 is 1.57 bits per heavy atom. The molecular weight excluding hydrogens is 188 g/mol. The van der Waals surface area contributed by atoms with E-state index in [1.807, 2.05) is 5.48 Å². The fourth-order valence-electron chi connectivity index (χ4n) is 1.07. The molecule has 0 aromatic heterocycles. The number of phenolic OH excluding ortho intramolecular Hbond substituents is 1. The molecule has 6 heteroatoms. The maximum absolute atomic E-state index is 10.4. The number of nitrogens with one attached hydrogen (secondary N) is 1. The van der Waals surface area contributed by atoms with E-state index < -0.39 is 11.0 Å². The van der Waals surface area contributed by atoms with Gasteiger partial charge in [0.15, 0.2) is 0 Å².